The number of unbranched alkanes of at least 4 members (excludes halogenated alkanes) is 25. The van der Waals surface area contributed by atoms with Gasteiger partial charge in [0.1, 0.15) is 13.2 Å². The van der Waals surface area contributed by atoms with E-state index in [0.29, 0.717) is 17.4 Å². The number of phosphoric acid groups is 1. The molecule has 3 unspecified atom stereocenters. The van der Waals surface area contributed by atoms with Crippen molar-refractivity contribution < 1.29 is 32.9 Å². The molecule has 0 rings (SSSR count). The van der Waals surface area contributed by atoms with Crippen LogP contribution in [0.5, 0.6) is 0 Å². The molecule has 0 heterocycles. The van der Waals surface area contributed by atoms with Gasteiger partial charge in [0.2, 0.25) is 5.91 Å². The van der Waals surface area contributed by atoms with Crippen molar-refractivity contribution in [3.63, 3.8) is 0 Å². The van der Waals surface area contributed by atoms with Crippen LogP contribution in [0.3, 0.4) is 0 Å². The molecular weight excluding hydrogens is 936 g/mol. The van der Waals surface area contributed by atoms with Crippen molar-refractivity contribution in [1.29, 1.82) is 0 Å². The topological polar surface area (TPSA) is 105 Å². The normalized spacial score (nSPS) is 14.6. The highest BCUT2D eigenvalue weighted by atomic mass is 31.2. The molecule has 0 aromatic rings. The van der Waals surface area contributed by atoms with E-state index in [4.69, 9.17) is 9.05 Å². The van der Waals surface area contributed by atoms with E-state index in [2.05, 4.69) is 116 Å². The number of amides is 1. The van der Waals surface area contributed by atoms with Crippen molar-refractivity contribution >= 4 is 13.7 Å². The minimum atomic E-state index is -4.36. The summed E-state index contributed by atoms with van der Waals surface area (Å²) in [4.78, 5) is 23.2. The first-order valence-electron chi connectivity index (χ1n) is 30.3. The van der Waals surface area contributed by atoms with Crippen LogP contribution >= 0.6 is 7.82 Å². The van der Waals surface area contributed by atoms with Crippen LogP contribution in [0.4, 0.5) is 0 Å². The molecule has 0 aromatic carbocycles. The molecule has 0 aliphatic rings. The van der Waals surface area contributed by atoms with Crippen molar-refractivity contribution in [2.45, 2.75) is 257 Å². The average molecular weight is 1050 g/mol. The number of likely N-dealkylation sites (N-methyl/N-ethyl adjacent to an activating group) is 1. The molecule has 1 amide bonds. The van der Waals surface area contributed by atoms with Crippen LogP contribution < -0.4 is 5.32 Å². The van der Waals surface area contributed by atoms with E-state index in [-0.39, 0.29) is 19.1 Å². The second kappa shape index (κ2) is 54.9. The Hall–Kier alpha value is -2.84. The lowest BCUT2D eigenvalue weighted by atomic mass is 10.0. The molecule has 3 N–H and O–H groups in total. The fourth-order valence-electron chi connectivity index (χ4n) is 8.26. The van der Waals surface area contributed by atoms with Crippen molar-refractivity contribution in [3.05, 3.63) is 109 Å². The lowest BCUT2D eigenvalue weighted by Crippen LogP contribution is -2.45. The van der Waals surface area contributed by atoms with Gasteiger partial charge >= 0.3 is 7.82 Å². The maximum Gasteiger partial charge on any atom is 0.472 e. The molecule has 74 heavy (non-hydrogen) atoms. The molecule has 426 valence electrons. The molecule has 0 saturated carbocycles. The number of rotatable bonds is 54. The number of allylic oxidation sites excluding steroid dienone is 17. The predicted octanol–water partition coefficient (Wildman–Crippen LogP) is 18.8. The zero-order valence-electron chi connectivity index (χ0n) is 48.5. The number of phosphoric ester groups is 1. The molecule has 0 spiro atoms. The zero-order chi connectivity index (χ0) is 54.2. The molecule has 0 fully saturated rings. The number of nitrogens with zero attached hydrogens (tertiary/aromatic N) is 1. The van der Waals surface area contributed by atoms with Gasteiger partial charge in [0.25, 0.3) is 0 Å². The van der Waals surface area contributed by atoms with Gasteiger partial charge < -0.3 is 19.8 Å². The maximum absolute atomic E-state index is 12.9. The Balaban J connectivity index is 3.89. The fraction of sp³-hybridized carbons (Fsp3) is 0.708. The van der Waals surface area contributed by atoms with Crippen LogP contribution in [0.2, 0.25) is 0 Å². The van der Waals surface area contributed by atoms with Gasteiger partial charge in [0, 0.05) is 6.42 Å². The zero-order valence-corrected chi connectivity index (χ0v) is 49.4. The van der Waals surface area contributed by atoms with Crippen LogP contribution in [0, 0.1) is 0 Å². The second-order valence-electron chi connectivity index (χ2n) is 21.3. The van der Waals surface area contributed by atoms with Crippen LogP contribution in [0.25, 0.3) is 0 Å². The summed E-state index contributed by atoms with van der Waals surface area (Å²) < 4.78 is 23.6. The number of nitrogens with one attached hydrogen (secondary N) is 1. The molecule has 0 radical (unpaired) electrons. The second-order valence-corrected chi connectivity index (χ2v) is 22.8. The number of quaternary nitrogens is 1. The molecule has 0 saturated heterocycles. The predicted molar refractivity (Wildman–Crippen MR) is 322 cm³/mol. The van der Waals surface area contributed by atoms with E-state index in [0.717, 1.165) is 89.9 Å². The Morgan fingerprint density at radius 2 is 0.824 bits per heavy atom. The summed E-state index contributed by atoms with van der Waals surface area (Å²) in [5, 5.41) is 13.8. The Bertz CT molecular complexity index is 1570. The Morgan fingerprint density at radius 3 is 1.23 bits per heavy atom. The first kappa shape index (κ1) is 71.2. The number of aliphatic hydroxyl groups excluding tert-OH is 1. The first-order chi connectivity index (χ1) is 36.0. The Morgan fingerprint density at radius 1 is 0.473 bits per heavy atom. The van der Waals surface area contributed by atoms with Crippen molar-refractivity contribution in [2.24, 2.45) is 0 Å². The van der Waals surface area contributed by atoms with Crippen molar-refractivity contribution in [3.8, 4) is 0 Å². The molecular formula is C65H116N2O6P+. The first-order valence-corrected chi connectivity index (χ1v) is 31.8. The SMILES string of the molecule is CC/C=C\C/C=C\C/C=C\C/C=C\C/C=C\C/C=C\CCCCCCCCCCCCCCCCCCCCCCCCC(=O)NC(COP(=O)(O)OCC[N+](C)(C)C)C(O)/C=C/CC/C=C/CC/C=C/CCC. The summed E-state index contributed by atoms with van der Waals surface area (Å²) in [6, 6.07) is -0.871. The van der Waals surface area contributed by atoms with Gasteiger partial charge in [-0.15, -0.1) is 0 Å². The van der Waals surface area contributed by atoms with Crippen LogP contribution in [0.1, 0.15) is 245 Å². The van der Waals surface area contributed by atoms with E-state index < -0.39 is 20.0 Å². The molecule has 0 bridgehead atoms. The van der Waals surface area contributed by atoms with Crippen LogP contribution in [-0.4, -0.2) is 73.4 Å². The smallest absolute Gasteiger partial charge is 0.387 e. The summed E-state index contributed by atoms with van der Waals surface area (Å²) >= 11 is 0. The Labute approximate surface area is 457 Å². The van der Waals surface area contributed by atoms with E-state index in [9.17, 15) is 19.4 Å². The van der Waals surface area contributed by atoms with Gasteiger partial charge in [-0.1, -0.05) is 258 Å². The lowest BCUT2D eigenvalue weighted by molar-refractivity contribution is -0.870. The Kier molecular flexibility index (Phi) is 52.8. The number of hydrogen-bond acceptors (Lipinski definition) is 5. The number of carbonyl (C=O) groups excluding carboxylic acids is 1. The summed E-state index contributed by atoms with van der Waals surface area (Å²) in [5.74, 6) is -0.193. The average Bonchev–Trinajstić information content (AvgIpc) is 3.36. The molecule has 0 aliphatic carbocycles. The number of carbonyl (C=O) groups is 1. The molecule has 0 aliphatic heterocycles. The quantitative estimate of drug-likeness (QED) is 0.0243. The third-order valence-electron chi connectivity index (χ3n) is 12.9. The highest BCUT2D eigenvalue weighted by Crippen LogP contribution is 2.43. The van der Waals surface area contributed by atoms with Gasteiger partial charge in [-0.3, -0.25) is 13.8 Å². The molecule has 0 aromatic heterocycles. The summed E-state index contributed by atoms with van der Waals surface area (Å²) in [6.45, 7) is 4.59. The van der Waals surface area contributed by atoms with Crippen molar-refractivity contribution in [2.75, 3.05) is 40.9 Å². The summed E-state index contributed by atoms with van der Waals surface area (Å²) in [5.41, 5.74) is 0. The largest absolute Gasteiger partial charge is 0.472 e. The molecule has 3 atom stereocenters. The van der Waals surface area contributed by atoms with Gasteiger partial charge in [0.15, 0.2) is 0 Å². The van der Waals surface area contributed by atoms with E-state index in [1.807, 2.05) is 27.2 Å². The maximum atomic E-state index is 12.9. The van der Waals surface area contributed by atoms with Crippen LogP contribution in [0.15, 0.2) is 109 Å². The molecule has 9 heteroatoms. The fourth-order valence-corrected chi connectivity index (χ4v) is 9.00. The summed E-state index contributed by atoms with van der Waals surface area (Å²) in [6.07, 6.45) is 80.9. The van der Waals surface area contributed by atoms with E-state index in [1.54, 1.807) is 6.08 Å². The van der Waals surface area contributed by atoms with Crippen molar-refractivity contribution in [1.82, 2.24) is 5.32 Å². The molecule has 8 nitrogen and oxygen atoms in total. The van der Waals surface area contributed by atoms with Gasteiger partial charge in [-0.25, -0.2) is 4.57 Å². The van der Waals surface area contributed by atoms with E-state index in [1.165, 1.54) is 135 Å². The third-order valence-corrected chi connectivity index (χ3v) is 13.9. The van der Waals surface area contributed by atoms with Gasteiger partial charge in [-0.05, 0) is 89.9 Å². The monoisotopic (exact) mass is 1050 g/mol. The number of aliphatic hydroxyl groups is 1. The third kappa shape index (κ3) is 56.9. The van der Waals surface area contributed by atoms with Gasteiger partial charge in [0.05, 0.1) is 39.9 Å². The minimum absolute atomic E-state index is 0.0509. The minimum Gasteiger partial charge on any atom is -0.387 e. The van der Waals surface area contributed by atoms with Gasteiger partial charge in [-0.2, -0.15) is 0 Å². The number of hydrogen-bond donors (Lipinski definition) is 3. The highest BCUT2D eigenvalue weighted by Gasteiger charge is 2.27. The summed E-state index contributed by atoms with van der Waals surface area (Å²) in [7, 11) is 1.54. The highest BCUT2D eigenvalue weighted by molar-refractivity contribution is 7.47. The standard InChI is InChI=1S/C65H115N2O6P/c1-6-8-10-12-14-16-18-19-20-21-22-23-24-25-26-27-28-29-30-31-32-33-34-35-36-37-38-39-40-41-42-43-44-45-46-47-49-51-53-55-57-59-65(69)66-63(62-73-74(70,71)72-61-60-67(3,4)5)64(68)58-56-54-52-50-48-17-15-13-11-9-7-2/h8,10-11,13-14,16,19-20,22-23,25-26,28-29,48,50,56,58,63-64,68H,6-7,9,12,15,17-18,21,24,27,30-47,49,51-55,57,59-62H2,1-5H3,(H-,66,69,70,71)/p+1/b10-8-,13-11+,16-14-,20-19-,23-22-,26-25-,29-28-,50-48+,58-56+. The lowest BCUT2D eigenvalue weighted by Gasteiger charge is -2.25. The van der Waals surface area contributed by atoms with Crippen LogP contribution in [-0.2, 0) is 18.4 Å². The van der Waals surface area contributed by atoms with E-state index >= 15 is 0 Å².